The molecule has 3 rings (SSSR count). The van der Waals surface area contributed by atoms with Gasteiger partial charge in [0.25, 0.3) is 5.91 Å². The van der Waals surface area contributed by atoms with Crippen LogP contribution in [0.2, 0.25) is 0 Å². The van der Waals surface area contributed by atoms with E-state index in [-0.39, 0.29) is 12.0 Å². The minimum Gasteiger partial charge on any atom is -0.393 e. The van der Waals surface area contributed by atoms with E-state index < -0.39 is 0 Å². The van der Waals surface area contributed by atoms with Gasteiger partial charge in [0.05, 0.1) is 6.10 Å². The van der Waals surface area contributed by atoms with Gasteiger partial charge in [-0.1, -0.05) is 57.0 Å². The highest BCUT2D eigenvalue weighted by Crippen LogP contribution is 2.28. The quantitative estimate of drug-likeness (QED) is 0.714. The zero-order valence-corrected chi connectivity index (χ0v) is 17.3. The fourth-order valence-electron chi connectivity index (χ4n) is 3.97. The molecule has 0 atom stereocenters. The second kappa shape index (κ2) is 9.88. The molecule has 3 heteroatoms. The molecule has 0 spiro atoms. The Kier molecular flexibility index (Phi) is 7.27. The van der Waals surface area contributed by atoms with E-state index >= 15 is 0 Å². The van der Waals surface area contributed by atoms with Gasteiger partial charge < -0.3 is 10.0 Å². The summed E-state index contributed by atoms with van der Waals surface area (Å²) in [5.41, 5.74) is 5.87. The molecule has 3 nitrogen and oxygen atoms in total. The van der Waals surface area contributed by atoms with E-state index in [0.29, 0.717) is 25.9 Å². The monoisotopic (exact) mass is 379 g/mol. The highest BCUT2D eigenvalue weighted by molar-refractivity contribution is 5.95. The summed E-state index contributed by atoms with van der Waals surface area (Å²) in [5.74, 6) is 0.0921. The Morgan fingerprint density at radius 1 is 1.00 bits per heavy atom. The van der Waals surface area contributed by atoms with E-state index in [4.69, 9.17) is 0 Å². The number of amides is 1. The van der Waals surface area contributed by atoms with Crippen molar-refractivity contribution in [3.63, 3.8) is 0 Å². The molecule has 0 radical (unpaired) electrons. The van der Waals surface area contributed by atoms with Crippen LogP contribution in [0.3, 0.4) is 0 Å². The topological polar surface area (TPSA) is 40.5 Å². The van der Waals surface area contributed by atoms with E-state index in [0.717, 1.165) is 37.7 Å². The summed E-state index contributed by atoms with van der Waals surface area (Å²) in [6.07, 6.45) is 6.61. The maximum Gasteiger partial charge on any atom is 0.253 e. The van der Waals surface area contributed by atoms with Crippen LogP contribution in [0.5, 0.6) is 0 Å². The lowest BCUT2D eigenvalue weighted by atomic mass is 9.93. The summed E-state index contributed by atoms with van der Waals surface area (Å²) in [7, 11) is 0. The smallest absolute Gasteiger partial charge is 0.253 e. The molecule has 1 saturated heterocycles. The number of aliphatic hydroxyl groups is 1. The summed E-state index contributed by atoms with van der Waals surface area (Å²) in [5, 5.41) is 9.70. The fourth-order valence-corrected chi connectivity index (χ4v) is 3.97. The first-order valence-corrected chi connectivity index (χ1v) is 10.8. The van der Waals surface area contributed by atoms with Crippen LogP contribution in [-0.4, -0.2) is 35.1 Å². The molecule has 0 unspecified atom stereocenters. The Morgan fingerprint density at radius 3 is 2.36 bits per heavy atom. The van der Waals surface area contributed by atoms with Gasteiger partial charge >= 0.3 is 0 Å². The lowest BCUT2D eigenvalue weighted by Gasteiger charge is -2.30. The average molecular weight is 380 g/mol. The van der Waals surface area contributed by atoms with Crippen LogP contribution >= 0.6 is 0 Å². The van der Waals surface area contributed by atoms with Crippen molar-refractivity contribution in [2.45, 2.75) is 64.9 Å². The van der Waals surface area contributed by atoms with Crippen molar-refractivity contribution >= 4 is 5.91 Å². The standard InChI is InChI=1S/C25H33NO2/c1-3-5-7-21-18-22(25(28)26-16-14-23(27)15-17-26)12-13-24(21)20-10-8-19(6-4-2)9-11-20/h8-13,18,23,27H,3-7,14-17H2,1-2H3. The molecule has 1 aliphatic rings. The normalized spacial score (nSPS) is 15.0. The third-order valence-corrected chi connectivity index (χ3v) is 5.71. The van der Waals surface area contributed by atoms with Crippen LogP contribution in [0.15, 0.2) is 42.5 Å². The Balaban J connectivity index is 1.85. The SMILES string of the molecule is CCCCc1cc(C(=O)N2CCC(O)CC2)ccc1-c1ccc(CCC)cc1. The number of hydrogen-bond donors (Lipinski definition) is 1. The van der Waals surface area contributed by atoms with Crippen LogP contribution in [0.25, 0.3) is 11.1 Å². The van der Waals surface area contributed by atoms with E-state index in [1.54, 1.807) is 0 Å². The molecule has 0 aromatic heterocycles. The van der Waals surface area contributed by atoms with Crippen molar-refractivity contribution in [3.8, 4) is 11.1 Å². The van der Waals surface area contributed by atoms with Crippen LogP contribution in [0.4, 0.5) is 0 Å². The highest BCUT2D eigenvalue weighted by Gasteiger charge is 2.23. The van der Waals surface area contributed by atoms with Crippen LogP contribution in [0.1, 0.15) is 67.4 Å². The Hall–Kier alpha value is -2.13. The molecule has 28 heavy (non-hydrogen) atoms. The maximum absolute atomic E-state index is 12.9. The van der Waals surface area contributed by atoms with Crippen molar-refractivity contribution in [3.05, 3.63) is 59.2 Å². The zero-order chi connectivity index (χ0) is 19.9. The van der Waals surface area contributed by atoms with Crippen LogP contribution in [-0.2, 0) is 12.8 Å². The third-order valence-electron chi connectivity index (χ3n) is 5.71. The van der Waals surface area contributed by atoms with E-state index in [1.807, 2.05) is 11.0 Å². The molecule has 2 aromatic carbocycles. The van der Waals surface area contributed by atoms with Gasteiger partial charge in [-0.3, -0.25) is 4.79 Å². The van der Waals surface area contributed by atoms with Crippen molar-refractivity contribution in [1.29, 1.82) is 0 Å². The molecule has 0 aliphatic carbocycles. The van der Waals surface area contributed by atoms with E-state index in [2.05, 4.69) is 50.2 Å². The molecule has 0 saturated carbocycles. The van der Waals surface area contributed by atoms with Gasteiger partial charge in [-0.25, -0.2) is 0 Å². The van der Waals surface area contributed by atoms with Crippen molar-refractivity contribution in [2.75, 3.05) is 13.1 Å². The second-order valence-corrected chi connectivity index (χ2v) is 7.95. The Morgan fingerprint density at radius 2 is 1.71 bits per heavy atom. The number of piperidine rings is 1. The van der Waals surface area contributed by atoms with Gasteiger partial charge in [-0.05, 0) is 66.5 Å². The van der Waals surface area contributed by atoms with Gasteiger partial charge in [-0.15, -0.1) is 0 Å². The molecule has 1 fully saturated rings. The lowest BCUT2D eigenvalue weighted by molar-refractivity contribution is 0.0546. The summed E-state index contributed by atoms with van der Waals surface area (Å²) in [4.78, 5) is 14.8. The number of hydrogen-bond acceptors (Lipinski definition) is 2. The molecule has 1 heterocycles. The molecule has 2 aromatic rings. The van der Waals surface area contributed by atoms with Gasteiger partial charge in [0, 0.05) is 18.7 Å². The lowest BCUT2D eigenvalue weighted by Crippen LogP contribution is -2.40. The molecular formula is C25H33NO2. The van der Waals surface area contributed by atoms with Gasteiger partial charge in [0.1, 0.15) is 0 Å². The number of carbonyl (C=O) groups is 1. The van der Waals surface area contributed by atoms with Gasteiger partial charge in [-0.2, -0.15) is 0 Å². The van der Waals surface area contributed by atoms with Gasteiger partial charge in [0.2, 0.25) is 0 Å². The van der Waals surface area contributed by atoms with Crippen molar-refractivity contribution in [2.24, 2.45) is 0 Å². The van der Waals surface area contributed by atoms with Gasteiger partial charge in [0.15, 0.2) is 0 Å². The average Bonchev–Trinajstić information content (AvgIpc) is 2.73. The van der Waals surface area contributed by atoms with Crippen molar-refractivity contribution < 1.29 is 9.90 Å². The van der Waals surface area contributed by atoms with E-state index in [1.165, 1.54) is 22.3 Å². The van der Waals surface area contributed by atoms with Crippen molar-refractivity contribution in [1.82, 2.24) is 4.90 Å². The number of nitrogens with zero attached hydrogens (tertiary/aromatic N) is 1. The molecule has 0 bridgehead atoms. The Bertz CT molecular complexity index is 774. The summed E-state index contributed by atoms with van der Waals surface area (Å²) in [6.45, 7) is 5.69. The number of unbranched alkanes of at least 4 members (excludes halogenated alkanes) is 1. The summed E-state index contributed by atoms with van der Waals surface area (Å²) < 4.78 is 0. The molecule has 1 amide bonds. The first kappa shape index (κ1) is 20.6. The Labute approximate surface area is 169 Å². The number of aliphatic hydroxyl groups excluding tert-OH is 1. The number of aryl methyl sites for hydroxylation is 2. The summed E-state index contributed by atoms with van der Waals surface area (Å²) >= 11 is 0. The third kappa shape index (κ3) is 5.02. The number of likely N-dealkylation sites (tertiary alicyclic amines) is 1. The fraction of sp³-hybridized carbons (Fsp3) is 0.480. The summed E-state index contributed by atoms with van der Waals surface area (Å²) in [6, 6.07) is 15.1. The number of rotatable bonds is 7. The minimum absolute atomic E-state index is 0.0921. The molecule has 150 valence electrons. The highest BCUT2D eigenvalue weighted by atomic mass is 16.3. The number of carbonyl (C=O) groups excluding carboxylic acids is 1. The second-order valence-electron chi connectivity index (χ2n) is 7.95. The maximum atomic E-state index is 12.9. The molecule has 1 aliphatic heterocycles. The minimum atomic E-state index is -0.262. The first-order chi connectivity index (χ1) is 13.6. The zero-order valence-electron chi connectivity index (χ0n) is 17.3. The predicted octanol–water partition coefficient (Wildman–Crippen LogP) is 5.25. The van der Waals surface area contributed by atoms with E-state index in [9.17, 15) is 9.90 Å². The number of benzene rings is 2. The van der Waals surface area contributed by atoms with Crippen LogP contribution in [0, 0.1) is 0 Å². The van der Waals surface area contributed by atoms with Crippen LogP contribution < -0.4 is 0 Å². The molecular weight excluding hydrogens is 346 g/mol. The largest absolute Gasteiger partial charge is 0.393 e. The first-order valence-electron chi connectivity index (χ1n) is 10.8. The molecule has 1 N–H and O–H groups in total. The predicted molar refractivity (Wildman–Crippen MR) is 116 cm³/mol.